The van der Waals surface area contributed by atoms with Gasteiger partial charge in [-0.3, -0.25) is 0 Å². The van der Waals surface area contributed by atoms with Crippen molar-refractivity contribution in [2.45, 2.75) is 58.3 Å². The zero-order chi connectivity index (χ0) is 14.1. The van der Waals surface area contributed by atoms with Gasteiger partial charge in [-0.1, -0.05) is 32.6 Å². The van der Waals surface area contributed by atoms with Gasteiger partial charge in [0.05, 0.1) is 0 Å². The summed E-state index contributed by atoms with van der Waals surface area (Å²) in [4.78, 5) is 0. The first-order valence-electron chi connectivity index (χ1n) is 8.14. The van der Waals surface area contributed by atoms with E-state index >= 15 is 0 Å². The highest BCUT2D eigenvalue weighted by Crippen LogP contribution is 2.42. The smallest absolute Gasteiger partial charge is 0.0320 e. The van der Waals surface area contributed by atoms with Crippen LogP contribution in [0.2, 0.25) is 0 Å². The minimum atomic E-state index is 0.911. The van der Waals surface area contributed by atoms with Crippen LogP contribution in [0.5, 0.6) is 0 Å². The van der Waals surface area contributed by atoms with Crippen LogP contribution in [0, 0.1) is 17.8 Å². The van der Waals surface area contributed by atoms with Gasteiger partial charge in [0.2, 0.25) is 0 Å². The lowest BCUT2D eigenvalue weighted by Gasteiger charge is -2.32. The van der Waals surface area contributed by atoms with E-state index in [1.807, 2.05) is 0 Å². The van der Waals surface area contributed by atoms with E-state index in [-0.39, 0.29) is 0 Å². The number of hydrogen-bond donors (Lipinski definition) is 0. The summed E-state index contributed by atoms with van der Waals surface area (Å²) in [5.41, 5.74) is 3.17. The summed E-state index contributed by atoms with van der Waals surface area (Å²) >= 11 is 7.29. The topological polar surface area (TPSA) is 0 Å². The molecule has 0 spiro atoms. The van der Waals surface area contributed by atoms with Crippen molar-refractivity contribution < 1.29 is 0 Å². The molecule has 2 aliphatic carbocycles. The highest BCUT2D eigenvalue weighted by Gasteiger charge is 2.31. The largest absolute Gasteiger partial charge is 0.0654 e. The monoisotopic (exact) mass is 398 g/mol. The minimum Gasteiger partial charge on any atom is -0.0654 e. The van der Waals surface area contributed by atoms with Crippen molar-refractivity contribution >= 4 is 31.9 Å². The van der Waals surface area contributed by atoms with E-state index in [0.717, 1.165) is 17.8 Å². The highest BCUT2D eigenvalue weighted by atomic mass is 79.9. The van der Waals surface area contributed by atoms with Gasteiger partial charge >= 0.3 is 0 Å². The molecule has 0 atom stereocenters. The Morgan fingerprint density at radius 1 is 0.900 bits per heavy atom. The summed E-state index contributed by atoms with van der Waals surface area (Å²) < 4.78 is 2.42. The van der Waals surface area contributed by atoms with E-state index in [1.54, 1.807) is 11.1 Å². The molecular formula is C18H24Br2. The van der Waals surface area contributed by atoms with E-state index in [2.05, 4.69) is 50.9 Å². The first-order valence-corrected chi connectivity index (χ1v) is 9.72. The SMILES string of the molecule is CCCC1CCC(C2Cc3cc(Br)c(Br)cc3C2)CC1. The molecule has 3 rings (SSSR count). The standard InChI is InChI=1S/C18H24Br2/c1-2-3-12-4-6-13(7-5-12)14-8-15-10-17(19)18(20)11-16(15)9-14/h10-14H,2-9H2,1H3. The van der Waals surface area contributed by atoms with Crippen LogP contribution in [0.25, 0.3) is 0 Å². The predicted octanol–water partition coefficient (Wildman–Crippen LogP) is 6.53. The molecule has 0 saturated heterocycles. The van der Waals surface area contributed by atoms with Gasteiger partial charge in [-0.25, -0.2) is 0 Å². The van der Waals surface area contributed by atoms with Gasteiger partial charge in [-0.05, 0) is 98.6 Å². The van der Waals surface area contributed by atoms with Gasteiger partial charge in [0.1, 0.15) is 0 Å². The van der Waals surface area contributed by atoms with Crippen molar-refractivity contribution in [1.82, 2.24) is 0 Å². The average Bonchev–Trinajstić information content (AvgIpc) is 2.83. The Balaban J connectivity index is 1.62. The molecule has 2 aliphatic rings. The maximum absolute atomic E-state index is 3.64. The summed E-state index contributed by atoms with van der Waals surface area (Å²) in [5, 5.41) is 0. The van der Waals surface area contributed by atoms with Crippen molar-refractivity contribution in [2.24, 2.45) is 17.8 Å². The molecule has 1 aromatic carbocycles. The molecule has 0 bridgehead atoms. The summed E-state index contributed by atoms with van der Waals surface area (Å²) in [5.74, 6) is 2.92. The minimum absolute atomic E-state index is 0.911. The van der Waals surface area contributed by atoms with Crippen LogP contribution in [0.4, 0.5) is 0 Å². The third-order valence-electron chi connectivity index (χ3n) is 5.46. The van der Waals surface area contributed by atoms with Crippen LogP contribution in [0.1, 0.15) is 56.6 Å². The van der Waals surface area contributed by atoms with Crippen LogP contribution in [-0.4, -0.2) is 0 Å². The molecule has 20 heavy (non-hydrogen) atoms. The average molecular weight is 400 g/mol. The summed E-state index contributed by atoms with van der Waals surface area (Å²) in [7, 11) is 0. The molecular weight excluding hydrogens is 376 g/mol. The van der Waals surface area contributed by atoms with Crippen LogP contribution < -0.4 is 0 Å². The number of benzene rings is 1. The number of fused-ring (bicyclic) bond motifs is 1. The Labute approximate surface area is 140 Å². The molecule has 0 aromatic heterocycles. The Morgan fingerprint density at radius 3 is 1.95 bits per heavy atom. The first-order chi connectivity index (χ1) is 9.67. The molecule has 1 aromatic rings. The van der Waals surface area contributed by atoms with E-state index in [4.69, 9.17) is 0 Å². The fourth-order valence-electron chi connectivity index (χ4n) is 4.34. The summed E-state index contributed by atoms with van der Waals surface area (Å²) in [6.45, 7) is 2.33. The Bertz CT molecular complexity index is 442. The fraction of sp³-hybridized carbons (Fsp3) is 0.667. The van der Waals surface area contributed by atoms with E-state index in [1.165, 1.54) is 60.3 Å². The molecule has 1 fully saturated rings. The van der Waals surface area contributed by atoms with Crippen molar-refractivity contribution in [1.29, 1.82) is 0 Å². The highest BCUT2D eigenvalue weighted by molar-refractivity contribution is 9.13. The lowest BCUT2D eigenvalue weighted by atomic mass is 9.74. The zero-order valence-corrected chi connectivity index (χ0v) is 15.5. The van der Waals surface area contributed by atoms with Crippen molar-refractivity contribution in [3.8, 4) is 0 Å². The van der Waals surface area contributed by atoms with Crippen molar-refractivity contribution in [3.05, 3.63) is 32.2 Å². The Kier molecular flexibility index (Phi) is 4.92. The zero-order valence-electron chi connectivity index (χ0n) is 12.3. The van der Waals surface area contributed by atoms with Gasteiger partial charge < -0.3 is 0 Å². The summed E-state index contributed by atoms with van der Waals surface area (Å²) in [6, 6.07) is 4.67. The molecule has 110 valence electrons. The molecule has 0 heterocycles. The maximum Gasteiger partial charge on any atom is 0.0320 e. The predicted molar refractivity (Wildman–Crippen MR) is 93.1 cm³/mol. The molecule has 0 aliphatic heterocycles. The van der Waals surface area contributed by atoms with Crippen molar-refractivity contribution in [3.63, 3.8) is 0 Å². The van der Waals surface area contributed by atoms with E-state index in [9.17, 15) is 0 Å². The first kappa shape index (κ1) is 15.1. The number of rotatable bonds is 3. The second-order valence-corrected chi connectivity index (χ2v) is 8.48. The second kappa shape index (κ2) is 6.52. The normalized spacial score (nSPS) is 26.8. The number of halogens is 2. The van der Waals surface area contributed by atoms with E-state index < -0.39 is 0 Å². The number of hydrogen-bond acceptors (Lipinski definition) is 0. The molecule has 0 radical (unpaired) electrons. The van der Waals surface area contributed by atoms with Gasteiger partial charge in [0, 0.05) is 8.95 Å². The maximum atomic E-state index is 3.64. The Morgan fingerprint density at radius 2 is 1.45 bits per heavy atom. The molecule has 0 unspecified atom stereocenters. The summed E-state index contributed by atoms with van der Waals surface area (Å²) in [6.07, 6.45) is 11.4. The van der Waals surface area contributed by atoms with Crippen LogP contribution in [-0.2, 0) is 12.8 Å². The molecule has 0 N–H and O–H groups in total. The third kappa shape index (κ3) is 3.16. The lowest BCUT2D eigenvalue weighted by Crippen LogP contribution is -2.22. The van der Waals surface area contributed by atoms with Crippen LogP contribution >= 0.6 is 31.9 Å². The quantitative estimate of drug-likeness (QED) is 0.541. The second-order valence-electron chi connectivity index (χ2n) is 6.77. The molecule has 0 amide bonds. The van der Waals surface area contributed by atoms with Gasteiger partial charge in [0.15, 0.2) is 0 Å². The molecule has 0 nitrogen and oxygen atoms in total. The Hall–Kier alpha value is 0.180. The van der Waals surface area contributed by atoms with Crippen LogP contribution in [0.3, 0.4) is 0 Å². The van der Waals surface area contributed by atoms with Gasteiger partial charge in [0.25, 0.3) is 0 Å². The van der Waals surface area contributed by atoms with Crippen molar-refractivity contribution in [2.75, 3.05) is 0 Å². The molecule has 1 saturated carbocycles. The van der Waals surface area contributed by atoms with Gasteiger partial charge in [-0.2, -0.15) is 0 Å². The molecule has 2 heteroatoms. The lowest BCUT2D eigenvalue weighted by molar-refractivity contribution is 0.201. The van der Waals surface area contributed by atoms with Gasteiger partial charge in [-0.15, -0.1) is 0 Å². The van der Waals surface area contributed by atoms with E-state index in [0.29, 0.717) is 0 Å². The third-order valence-corrected chi connectivity index (χ3v) is 7.31. The fourth-order valence-corrected chi connectivity index (χ4v) is 5.12. The van der Waals surface area contributed by atoms with Crippen LogP contribution in [0.15, 0.2) is 21.1 Å².